The standard InChI is InChI=1S/C19H21N3O2S/c1-4-10-22-18(16-9-6-11-23-16)20-21-19(22)25-13-12-24-17-14(2)7-5-8-15(17)3/h4-9,11H,1,10,12-13H2,2-3H3. The van der Waals surface area contributed by atoms with Gasteiger partial charge < -0.3 is 9.15 Å². The Kier molecular flexibility index (Phi) is 5.60. The van der Waals surface area contributed by atoms with Crippen LogP contribution in [0.2, 0.25) is 0 Å². The second-order valence-corrected chi connectivity index (χ2v) is 6.66. The van der Waals surface area contributed by atoms with E-state index < -0.39 is 0 Å². The van der Waals surface area contributed by atoms with E-state index in [0.717, 1.165) is 27.8 Å². The molecule has 0 amide bonds. The molecule has 3 aromatic rings. The first-order chi connectivity index (χ1) is 12.2. The number of nitrogens with zero attached hydrogens (tertiary/aromatic N) is 3. The van der Waals surface area contributed by atoms with E-state index in [1.54, 1.807) is 18.0 Å². The summed E-state index contributed by atoms with van der Waals surface area (Å²) in [6, 6.07) is 9.88. The number of para-hydroxylation sites is 1. The number of thioether (sulfide) groups is 1. The third-order valence-corrected chi connectivity index (χ3v) is 4.67. The molecule has 0 saturated heterocycles. The summed E-state index contributed by atoms with van der Waals surface area (Å²) in [6.07, 6.45) is 3.46. The smallest absolute Gasteiger partial charge is 0.200 e. The molecule has 5 nitrogen and oxygen atoms in total. The van der Waals surface area contributed by atoms with Gasteiger partial charge in [-0.1, -0.05) is 36.0 Å². The first-order valence-electron chi connectivity index (χ1n) is 8.10. The second kappa shape index (κ2) is 8.07. The summed E-state index contributed by atoms with van der Waals surface area (Å²) in [5, 5.41) is 9.37. The second-order valence-electron chi connectivity index (χ2n) is 5.60. The zero-order valence-electron chi connectivity index (χ0n) is 14.4. The van der Waals surface area contributed by atoms with Crippen molar-refractivity contribution in [3.8, 4) is 17.3 Å². The van der Waals surface area contributed by atoms with Gasteiger partial charge in [-0.15, -0.1) is 16.8 Å². The number of furan rings is 1. The SMILES string of the molecule is C=CCn1c(SCCOc2c(C)cccc2C)nnc1-c1ccco1. The summed E-state index contributed by atoms with van der Waals surface area (Å²) in [4.78, 5) is 0. The predicted octanol–water partition coefficient (Wildman–Crippen LogP) is 4.51. The average molecular weight is 355 g/mol. The van der Waals surface area contributed by atoms with Crippen molar-refractivity contribution < 1.29 is 9.15 Å². The van der Waals surface area contributed by atoms with Crippen LogP contribution >= 0.6 is 11.8 Å². The van der Waals surface area contributed by atoms with Gasteiger partial charge in [-0.3, -0.25) is 4.57 Å². The monoisotopic (exact) mass is 355 g/mol. The van der Waals surface area contributed by atoms with Crippen LogP contribution in [0.15, 0.2) is 58.8 Å². The fourth-order valence-corrected chi connectivity index (χ4v) is 3.35. The van der Waals surface area contributed by atoms with Crippen molar-refractivity contribution in [1.29, 1.82) is 0 Å². The number of allylic oxidation sites excluding steroid dienone is 1. The first-order valence-corrected chi connectivity index (χ1v) is 9.09. The maximum absolute atomic E-state index is 5.95. The molecular weight excluding hydrogens is 334 g/mol. The topological polar surface area (TPSA) is 53.1 Å². The lowest BCUT2D eigenvalue weighted by Crippen LogP contribution is -2.05. The molecule has 25 heavy (non-hydrogen) atoms. The molecule has 0 atom stereocenters. The molecule has 0 saturated carbocycles. The Morgan fingerprint density at radius 2 is 2.00 bits per heavy atom. The minimum Gasteiger partial charge on any atom is -0.492 e. The Morgan fingerprint density at radius 1 is 1.20 bits per heavy atom. The highest BCUT2D eigenvalue weighted by Crippen LogP contribution is 2.26. The number of aryl methyl sites for hydroxylation is 2. The van der Waals surface area contributed by atoms with Crippen LogP contribution in [-0.2, 0) is 6.54 Å². The van der Waals surface area contributed by atoms with Gasteiger partial charge in [-0.2, -0.15) is 0 Å². The molecular formula is C19H21N3O2S. The molecule has 0 aliphatic rings. The van der Waals surface area contributed by atoms with E-state index >= 15 is 0 Å². The summed E-state index contributed by atoms with van der Waals surface area (Å²) in [5.74, 6) is 3.16. The van der Waals surface area contributed by atoms with Crippen molar-refractivity contribution in [2.75, 3.05) is 12.4 Å². The van der Waals surface area contributed by atoms with Gasteiger partial charge in [0.2, 0.25) is 5.82 Å². The number of hydrogen-bond donors (Lipinski definition) is 0. The molecule has 0 aliphatic heterocycles. The summed E-state index contributed by atoms with van der Waals surface area (Å²) in [7, 11) is 0. The number of hydrogen-bond acceptors (Lipinski definition) is 5. The Labute approximate surface area is 151 Å². The van der Waals surface area contributed by atoms with E-state index in [-0.39, 0.29) is 0 Å². The highest BCUT2D eigenvalue weighted by atomic mass is 32.2. The molecule has 0 radical (unpaired) electrons. The fraction of sp³-hybridized carbons (Fsp3) is 0.263. The normalized spacial score (nSPS) is 10.8. The van der Waals surface area contributed by atoms with Crippen molar-refractivity contribution in [2.45, 2.75) is 25.5 Å². The van der Waals surface area contributed by atoms with Gasteiger partial charge in [-0.05, 0) is 37.1 Å². The van der Waals surface area contributed by atoms with E-state index in [0.29, 0.717) is 24.7 Å². The van der Waals surface area contributed by atoms with Crippen LogP contribution in [0.5, 0.6) is 5.75 Å². The summed E-state index contributed by atoms with van der Waals surface area (Å²) >= 11 is 1.61. The highest BCUT2D eigenvalue weighted by Gasteiger charge is 2.15. The van der Waals surface area contributed by atoms with Crippen LogP contribution in [0, 0.1) is 13.8 Å². The molecule has 0 unspecified atom stereocenters. The zero-order valence-corrected chi connectivity index (χ0v) is 15.3. The third-order valence-electron chi connectivity index (χ3n) is 3.74. The maximum atomic E-state index is 5.95. The zero-order chi connectivity index (χ0) is 17.6. The Balaban J connectivity index is 1.64. The lowest BCUT2D eigenvalue weighted by molar-refractivity contribution is 0.339. The van der Waals surface area contributed by atoms with E-state index in [1.165, 1.54) is 0 Å². The number of ether oxygens (including phenoxy) is 1. The number of rotatable bonds is 8. The van der Waals surface area contributed by atoms with Gasteiger partial charge in [0.25, 0.3) is 0 Å². The minimum atomic E-state index is 0.605. The molecule has 1 aromatic carbocycles. The molecule has 0 N–H and O–H groups in total. The highest BCUT2D eigenvalue weighted by molar-refractivity contribution is 7.99. The van der Waals surface area contributed by atoms with E-state index in [1.807, 2.05) is 28.8 Å². The van der Waals surface area contributed by atoms with Crippen molar-refractivity contribution in [2.24, 2.45) is 0 Å². The molecule has 2 heterocycles. The molecule has 0 bridgehead atoms. The lowest BCUT2D eigenvalue weighted by Gasteiger charge is -2.11. The van der Waals surface area contributed by atoms with Gasteiger partial charge >= 0.3 is 0 Å². The van der Waals surface area contributed by atoms with Gasteiger partial charge in [-0.25, -0.2) is 0 Å². The fourth-order valence-electron chi connectivity index (χ4n) is 2.58. The van der Waals surface area contributed by atoms with E-state index in [9.17, 15) is 0 Å². The van der Waals surface area contributed by atoms with Crippen LogP contribution in [0.4, 0.5) is 0 Å². The molecule has 0 spiro atoms. The van der Waals surface area contributed by atoms with Crippen LogP contribution < -0.4 is 4.74 Å². The molecule has 0 aliphatic carbocycles. The predicted molar refractivity (Wildman–Crippen MR) is 100 cm³/mol. The number of aromatic nitrogens is 3. The molecule has 130 valence electrons. The van der Waals surface area contributed by atoms with Gasteiger partial charge in [0, 0.05) is 12.3 Å². The largest absolute Gasteiger partial charge is 0.492 e. The van der Waals surface area contributed by atoms with Crippen molar-refractivity contribution in [1.82, 2.24) is 14.8 Å². The molecule has 0 fully saturated rings. The molecule has 3 rings (SSSR count). The van der Waals surface area contributed by atoms with Gasteiger partial charge in [0.1, 0.15) is 5.75 Å². The van der Waals surface area contributed by atoms with Crippen LogP contribution in [0.1, 0.15) is 11.1 Å². The Morgan fingerprint density at radius 3 is 2.68 bits per heavy atom. The van der Waals surface area contributed by atoms with Crippen LogP contribution in [0.3, 0.4) is 0 Å². The number of benzene rings is 1. The quantitative estimate of drug-likeness (QED) is 0.338. The lowest BCUT2D eigenvalue weighted by atomic mass is 10.1. The minimum absolute atomic E-state index is 0.605. The molecule has 2 aromatic heterocycles. The van der Waals surface area contributed by atoms with Crippen molar-refractivity contribution >= 4 is 11.8 Å². The van der Waals surface area contributed by atoms with Crippen molar-refractivity contribution in [3.05, 3.63) is 60.4 Å². The van der Waals surface area contributed by atoms with Crippen LogP contribution in [0.25, 0.3) is 11.6 Å². The summed E-state index contributed by atoms with van der Waals surface area (Å²) < 4.78 is 13.4. The third kappa shape index (κ3) is 3.96. The maximum Gasteiger partial charge on any atom is 0.200 e. The van der Waals surface area contributed by atoms with E-state index in [2.05, 4.69) is 42.8 Å². The summed E-state index contributed by atoms with van der Waals surface area (Å²) in [5.41, 5.74) is 2.31. The average Bonchev–Trinajstić information content (AvgIpc) is 3.24. The van der Waals surface area contributed by atoms with Gasteiger partial charge in [0.15, 0.2) is 10.9 Å². The van der Waals surface area contributed by atoms with Gasteiger partial charge in [0.05, 0.1) is 12.9 Å². The summed E-state index contributed by atoms with van der Waals surface area (Å²) in [6.45, 7) is 9.17. The Bertz CT molecular complexity index is 820. The van der Waals surface area contributed by atoms with Crippen LogP contribution in [-0.4, -0.2) is 27.1 Å². The van der Waals surface area contributed by atoms with E-state index in [4.69, 9.17) is 9.15 Å². The Hall–Kier alpha value is -2.47. The first kappa shape index (κ1) is 17.4. The molecule has 6 heteroatoms. The van der Waals surface area contributed by atoms with Crippen molar-refractivity contribution in [3.63, 3.8) is 0 Å².